The van der Waals surface area contributed by atoms with Gasteiger partial charge in [-0.1, -0.05) is 30.5 Å². The number of nitrogens with one attached hydrogen (secondary N) is 1. The van der Waals surface area contributed by atoms with Gasteiger partial charge in [-0.25, -0.2) is 0 Å². The number of aliphatic hydroxyl groups is 1. The molecule has 0 aliphatic rings. The predicted octanol–water partition coefficient (Wildman–Crippen LogP) is 2.89. The molecule has 19 heavy (non-hydrogen) atoms. The first-order chi connectivity index (χ1) is 8.72. The summed E-state index contributed by atoms with van der Waals surface area (Å²) in [5, 5.41) is 11.7. The van der Waals surface area contributed by atoms with Crippen LogP contribution in [0.5, 0.6) is 0 Å². The summed E-state index contributed by atoms with van der Waals surface area (Å²) in [6.07, 6.45) is 4.02. The molecule has 0 amide bonds. The van der Waals surface area contributed by atoms with E-state index in [1.54, 1.807) is 0 Å². The summed E-state index contributed by atoms with van der Waals surface area (Å²) >= 11 is 0. The van der Waals surface area contributed by atoms with Gasteiger partial charge < -0.3 is 16.2 Å². The van der Waals surface area contributed by atoms with E-state index in [0.29, 0.717) is 5.96 Å². The van der Waals surface area contributed by atoms with Gasteiger partial charge in [-0.2, -0.15) is 0 Å². The quantitative estimate of drug-likeness (QED) is 0.296. The lowest BCUT2D eigenvalue weighted by molar-refractivity contribution is 0.282. The number of nitrogens with zero attached hydrogens (tertiary/aromatic N) is 1. The van der Waals surface area contributed by atoms with Gasteiger partial charge in [0.2, 0.25) is 0 Å². The minimum Gasteiger partial charge on any atom is -0.396 e. The van der Waals surface area contributed by atoms with Gasteiger partial charge in [0.1, 0.15) is 0 Å². The molecule has 4 N–H and O–H groups in total. The Labute approximate surface area is 132 Å². The van der Waals surface area contributed by atoms with Crippen LogP contribution in [0.4, 0.5) is 5.69 Å². The molecule has 0 aromatic heterocycles. The van der Waals surface area contributed by atoms with Gasteiger partial charge in [0.15, 0.2) is 5.96 Å². The molecule has 0 saturated carbocycles. The molecule has 1 aromatic rings. The third kappa shape index (κ3) is 8.83. The first-order valence-electron chi connectivity index (χ1n) is 6.47. The first-order valence-corrected chi connectivity index (χ1v) is 6.47. The molecule has 0 heterocycles. The van der Waals surface area contributed by atoms with Crippen molar-refractivity contribution in [3.05, 3.63) is 29.8 Å². The number of halogens is 1. The Morgan fingerprint density at radius 3 is 2.42 bits per heavy atom. The summed E-state index contributed by atoms with van der Waals surface area (Å²) in [5.74, 6) is 0.459. The molecule has 5 heteroatoms. The van der Waals surface area contributed by atoms with Crippen LogP contribution in [-0.4, -0.2) is 24.2 Å². The number of benzene rings is 1. The molecular weight excluding hydrogens is 353 g/mol. The normalized spacial score (nSPS) is 10.9. The lowest BCUT2D eigenvalue weighted by atomic mass is 10.2. The van der Waals surface area contributed by atoms with Gasteiger partial charge in [0.25, 0.3) is 0 Å². The van der Waals surface area contributed by atoms with Gasteiger partial charge in [0, 0.05) is 18.8 Å². The Kier molecular flexibility index (Phi) is 10.6. The minimum absolute atomic E-state index is 0. The van der Waals surface area contributed by atoms with Crippen molar-refractivity contribution in [1.29, 1.82) is 0 Å². The Balaban J connectivity index is 0.00000324. The van der Waals surface area contributed by atoms with Crippen LogP contribution in [0.15, 0.2) is 29.3 Å². The number of anilines is 1. The number of aliphatic imine (C=N–C) groups is 1. The molecule has 4 nitrogen and oxygen atoms in total. The second-order valence-corrected chi connectivity index (χ2v) is 4.40. The van der Waals surface area contributed by atoms with Crippen molar-refractivity contribution >= 4 is 35.6 Å². The number of unbranched alkanes of at least 4 members (excludes halogenated alkanes) is 3. The second kappa shape index (κ2) is 11.0. The van der Waals surface area contributed by atoms with E-state index >= 15 is 0 Å². The van der Waals surface area contributed by atoms with E-state index in [4.69, 9.17) is 10.8 Å². The van der Waals surface area contributed by atoms with Crippen molar-refractivity contribution in [2.24, 2.45) is 10.7 Å². The fraction of sp³-hybridized carbons (Fsp3) is 0.500. The zero-order chi connectivity index (χ0) is 13.2. The van der Waals surface area contributed by atoms with Gasteiger partial charge >= 0.3 is 0 Å². The summed E-state index contributed by atoms with van der Waals surface area (Å²) in [7, 11) is 0. The zero-order valence-electron chi connectivity index (χ0n) is 11.4. The zero-order valence-corrected chi connectivity index (χ0v) is 13.8. The fourth-order valence-electron chi connectivity index (χ4n) is 1.60. The minimum atomic E-state index is 0. The number of hydrogen-bond acceptors (Lipinski definition) is 2. The first kappa shape index (κ1) is 18.2. The largest absolute Gasteiger partial charge is 0.396 e. The van der Waals surface area contributed by atoms with Crippen molar-refractivity contribution in [2.75, 3.05) is 18.5 Å². The molecule has 1 aromatic carbocycles. The van der Waals surface area contributed by atoms with Crippen LogP contribution in [0, 0.1) is 6.92 Å². The lowest BCUT2D eigenvalue weighted by Crippen LogP contribution is -2.22. The highest BCUT2D eigenvalue weighted by Gasteiger charge is 1.94. The van der Waals surface area contributed by atoms with Crippen molar-refractivity contribution in [3.8, 4) is 0 Å². The molecular formula is C14H24IN3O. The van der Waals surface area contributed by atoms with Crippen molar-refractivity contribution in [2.45, 2.75) is 32.6 Å². The molecule has 0 saturated heterocycles. The van der Waals surface area contributed by atoms with E-state index in [1.807, 2.05) is 31.2 Å². The third-order valence-electron chi connectivity index (χ3n) is 2.67. The molecule has 0 bridgehead atoms. The summed E-state index contributed by atoms with van der Waals surface area (Å²) in [5.41, 5.74) is 7.97. The van der Waals surface area contributed by atoms with E-state index < -0.39 is 0 Å². The maximum atomic E-state index is 8.64. The van der Waals surface area contributed by atoms with Crippen molar-refractivity contribution in [1.82, 2.24) is 0 Å². The third-order valence-corrected chi connectivity index (χ3v) is 2.67. The van der Waals surface area contributed by atoms with E-state index in [1.165, 1.54) is 5.56 Å². The van der Waals surface area contributed by atoms with Gasteiger partial charge in [0.05, 0.1) is 0 Å². The summed E-state index contributed by atoms with van der Waals surface area (Å²) in [4.78, 5) is 4.26. The predicted molar refractivity (Wildman–Crippen MR) is 92.3 cm³/mol. The number of hydrogen-bond donors (Lipinski definition) is 3. The molecule has 0 radical (unpaired) electrons. The van der Waals surface area contributed by atoms with E-state index in [0.717, 1.165) is 37.9 Å². The molecule has 0 spiro atoms. The highest BCUT2D eigenvalue weighted by molar-refractivity contribution is 14.0. The Bertz CT molecular complexity index is 365. The number of guanidine groups is 1. The van der Waals surface area contributed by atoms with Crippen molar-refractivity contribution < 1.29 is 5.11 Å². The van der Waals surface area contributed by atoms with Crippen LogP contribution in [0.25, 0.3) is 0 Å². The standard InChI is InChI=1S/C14H23N3O.HI/c1-12-6-8-13(9-7-12)17-14(15)16-10-4-2-3-5-11-18;/h6-9,18H,2-5,10-11H2,1H3,(H3,15,16,17);1H. The number of aryl methyl sites for hydroxylation is 1. The number of nitrogens with two attached hydrogens (primary N) is 1. The topological polar surface area (TPSA) is 70.6 Å². The fourth-order valence-corrected chi connectivity index (χ4v) is 1.60. The lowest BCUT2D eigenvalue weighted by Gasteiger charge is -2.05. The average molecular weight is 377 g/mol. The number of aliphatic hydroxyl groups excluding tert-OH is 1. The molecule has 0 aliphatic heterocycles. The highest BCUT2D eigenvalue weighted by atomic mass is 127. The molecule has 0 unspecified atom stereocenters. The monoisotopic (exact) mass is 377 g/mol. The Morgan fingerprint density at radius 1 is 1.16 bits per heavy atom. The number of rotatable bonds is 7. The second-order valence-electron chi connectivity index (χ2n) is 4.40. The molecule has 0 atom stereocenters. The Morgan fingerprint density at radius 2 is 1.79 bits per heavy atom. The smallest absolute Gasteiger partial charge is 0.193 e. The average Bonchev–Trinajstić information content (AvgIpc) is 2.36. The van der Waals surface area contributed by atoms with Crippen LogP contribution in [-0.2, 0) is 0 Å². The SMILES string of the molecule is Cc1ccc(NC(N)=NCCCCCCO)cc1.I. The van der Waals surface area contributed by atoms with Crippen LogP contribution in [0.1, 0.15) is 31.2 Å². The molecule has 0 aliphatic carbocycles. The highest BCUT2D eigenvalue weighted by Crippen LogP contribution is 2.07. The van der Waals surface area contributed by atoms with Crippen LogP contribution >= 0.6 is 24.0 Å². The summed E-state index contributed by atoms with van der Waals surface area (Å²) in [6, 6.07) is 8.03. The van der Waals surface area contributed by atoms with Crippen molar-refractivity contribution in [3.63, 3.8) is 0 Å². The van der Waals surface area contributed by atoms with E-state index in [9.17, 15) is 0 Å². The van der Waals surface area contributed by atoms with E-state index in [2.05, 4.69) is 10.3 Å². The molecule has 108 valence electrons. The molecule has 1 rings (SSSR count). The van der Waals surface area contributed by atoms with Crippen LogP contribution in [0.3, 0.4) is 0 Å². The molecule has 0 fully saturated rings. The van der Waals surface area contributed by atoms with Crippen LogP contribution < -0.4 is 11.1 Å². The van der Waals surface area contributed by atoms with E-state index in [-0.39, 0.29) is 30.6 Å². The summed E-state index contributed by atoms with van der Waals surface area (Å²) in [6.45, 7) is 3.06. The van der Waals surface area contributed by atoms with Gasteiger partial charge in [-0.05, 0) is 31.9 Å². The maximum Gasteiger partial charge on any atom is 0.193 e. The van der Waals surface area contributed by atoms with Gasteiger partial charge in [-0.3, -0.25) is 4.99 Å². The van der Waals surface area contributed by atoms with Gasteiger partial charge in [-0.15, -0.1) is 24.0 Å². The Hall–Kier alpha value is -0.820. The maximum absolute atomic E-state index is 8.64. The van der Waals surface area contributed by atoms with Crippen LogP contribution in [0.2, 0.25) is 0 Å². The summed E-state index contributed by atoms with van der Waals surface area (Å²) < 4.78 is 0.